The molecule has 0 radical (unpaired) electrons. The van der Waals surface area contributed by atoms with Crippen molar-refractivity contribution in [3.8, 4) is 0 Å². The quantitative estimate of drug-likeness (QED) is 0.733. The van der Waals surface area contributed by atoms with Crippen molar-refractivity contribution in [3.05, 3.63) is 12.2 Å². The lowest BCUT2D eigenvalue weighted by Crippen LogP contribution is -2.23. The third kappa shape index (κ3) is 2.30. The number of aryl methyl sites for hydroxylation is 1. The SMILES string of the molecule is Cn1cnnc1CNCC1CCOC1. The standard InChI is InChI=1S/C9H16N4O/c1-13-7-11-12-9(13)5-10-4-8-2-3-14-6-8/h7-8,10H,2-6H2,1H3. The van der Waals surface area contributed by atoms with Crippen molar-refractivity contribution in [3.63, 3.8) is 0 Å². The fourth-order valence-electron chi connectivity index (χ4n) is 1.60. The monoisotopic (exact) mass is 196 g/mol. The number of hydrogen-bond donors (Lipinski definition) is 1. The summed E-state index contributed by atoms with van der Waals surface area (Å²) in [5, 5.41) is 11.2. The minimum Gasteiger partial charge on any atom is -0.381 e. The van der Waals surface area contributed by atoms with Crippen molar-refractivity contribution < 1.29 is 4.74 Å². The Morgan fingerprint density at radius 2 is 2.64 bits per heavy atom. The van der Waals surface area contributed by atoms with Crippen LogP contribution >= 0.6 is 0 Å². The van der Waals surface area contributed by atoms with Gasteiger partial charge in [-0.15, -0.1) is 10.2 Å². The Morgan fingerprint density at radius 1 is 1.71 bits per heavy atom. The topological polar surface area (TPSA) is 52.0 Å². The van der Waals surface area contributed by atoms with Crippen molar-refractivity contribution in [1.29, 1.82) is 0 Å². The summed E-state index contributed by atoms with van der Waals surface area (Å²) in [6.45, 7) is 3.60. The maximum atomic E-state index is 5.30. The molecule has 2 heterocycles. The second-order valence-electron chi connectivity index (χ2n) is 3.72. The lowest BCUT2D eigenvalue weighted by Gasteiger charge is -2.08. The normalized spacial score (nSPS) is 21.6. The molecule has 0 amide bonds. The molecule has 1 fully saturated rings. The molecular weight excluding hydrogens is 180 g/mol. The maximum Gasteiger partial charge on any atom is 0.146 e. The number of ether oxygens (including phenoxy) is 1. The van der Waals surface area contributed by atoms with Gasteiger partial charge in [0.1, 0.15) is 12.2 Å². The Kier molecular flexibility index (Phi) is 3.10. The number of rotatable bonds is 4. The average Bonchev–Trinajstić information content (AvgIpc) is 2.78. The van der Waals surface area contributed by atoms with Crippen LogP contribution in [0.3, 0.4) is 0 Å². The Morgan fingerprint density at radius 3 is 3.29 bits per heavy atom. The van der Waals surface area contributed by atoms with Crippen molar-refractivity contribution in [1.82, 2.24) is 20.1 Å². The van der Waals surface area contributed by atoms with Crippen LogP contribution in [-0.2, 0) is 18.3 Å². The van der Waals surface area contributed by atoms with Gasteiger partial charge in [0.15, 0.2) is 0 Å². The lowest BCUT2D eigenvalue weighted by atomic mass is 10.1. The van der Waals surface area contributed by atoms with E-state index >= 15 is 0 Å². The van der Waals surface area contributed by atoms with Crippen LogP contribution in [0.25, 0.3) is 0 Å². The minimum absolute atomic E-state index is 0.670. The Labute approximate surface area is 83.5 Å². The van der Waals surface area contributed by atoms with Crippen LogP contribution in [0.5, 0.6) is 0 Å². The van der Waals surface area contributed by atoms with Gasteiger partial charge in [-0.05, 0) is 12.3 Å². The van der Waals surface area contributed by atoms with Gasteiger partial charge < -0.3 is 14.6 Å². The molecule has 0 spiro atoms. The summed E-state index contributed by atoms with van der Waals surface area (Å²) in [5.74, 6) is 1.65. The smallest absolute Gasteiger partial charge is 0.146 e. The van der Waals surface area contributed by atoms with Gasteiger partial charge in [0, 0.05) is 20.2 Å². The molecule has 1 aromatic heterocycles. The zero-order chi connectivity index (χ0) is 9.80. The zero-order valence-electron chi connectivity index (χ0n) is 8.44. The first kappa shape index (κ1) is 9.61. The molecule has 5 heteroatoms. The Bertz CT molecular complexity index is 280. The van der Waals surface area contributed by atoms with Gasteiger partial charge in [0.2, 0.25) is 0 Å². The first-order valence-corrected chi connectivity index (χ1v) is 4.97. The summed E-state index contributed by atoms with van der Waals surface area (Å²) in [5.41, 5.74) is 0. The van der Waals surface area contributed by atoms with Crippen molar-refractivity contribution in [2.75, 3.05) is 19.8 Å². The summed E-state index contributed by atoms with van der Waals surface area (Å²) >= 11 is 0. The molecule has 0 aliphatic carbocycles. The molecule has 1 aliphatic heterocycles. The van der Waals surface area contributed by atoms with E-state index in [1.165, 1.54) is 6.42 Å². The molecular formula is C9H16N4O. The molecule has 2 rings (SSSR count). The van der Waals surface area contributed by atoms with Crippen LogP contribution in [0.1, 0.15) is 12.2 Å². The number of nitrogens with zero attached hydrogens (tertiary/aromatic N) is 3. The minimum atomic E-state index is 0.670. The highest BCUT2D eigenvalue weighted by Gasteiger charge is 2.14. The lowest BCUT2D eigenvalue weighted by molar-refractivity contribution is 0.185. The van der Waals surface area contributed by atoms with E-state index in [9.17, 15) is 0 Å². The molecule has 1 unspecified atom stereocenters. The molecule has 0 aromatic carbocycles. The Balaban J connectivity index is 1.70. The number of aromatic nitrogens is 3. The molecule has 1 atom stereocenters. The van der Waals surface area contributed by atoms with Gasteiger partial charge in [-0.2, -0.15) is 0 Å². The van der Waals surface area contributed by atoms with E-state index in [-0.39, 0.29) is 0 Å². The highest BCUT2D eigenvalue weighted by Crippen LogP contribution is 2.10. The van der Waals surface area contributed by atoms with Gasteiger partial charge in [-0.25, -0.2) is 0 Å². The van der Waals surface area contributed by atoms with Gasteiger partial charge in [0.25, 0.3) is 0 Å². The van der Waals surface area contributed by atoms with E-state index in [0.717, 1.165) is 32.1 Å². The van der Waals surface area contributed by atoms with Crippen molar-refractivity contribution in [2.45, 2.75) is 13.0 Å². The van der Waals surface area contributed by atoms with E-state index < -0.39 is 0 Å². The Hall–Kier alpha value is -0.940. The molecule has 5 nitrogen and oxygen atoms in total. The van der Waals surface area contributed by atoms with Crippen LogP contribution < -0.4 is 5.32 Å². The molecule has 1 saturated heterocycles. The van der Waals surface area contributed by atoms with Crippen molar-refractivity contribution >= 4 is 0 Å². The molecule has 1 N–H and O–H groups in total. The third-order valence-electron chi connectivity index (χ3n) is 2.55. The highest BCUT2D eigenvalue weighted by atomic mass is 16.5. The van der Waals surface area contributed by atoms with E-state index in [2.05, 4.69) is 15.5 Å². The molecule has 78 valence electrons. The second kappa shape index (κ2) is 4.52. The maximum absolute atomic E-state index is 5.30. The van der Waals surface area contributed by atoms with E-state index in [0.29, 0.717) is 5.92 Å². The largest absolute Gasteiger partial charge is 0.381 e. The summed E-state index contributed by atoms with van der Waals surface area (Å²) in [4.78, 5) is 0. The van der Waals surface area contributed by atoms with Gasteiger partial charge >= 0.3 is 0 Å². The van der Waals surface area contributed by atoms with Gasteiger partial charge in [-0.3, -0.25) is 0 Å². The van der Waals surface area contributed by atoms with Crippen LogP contribution in [0.15, 0.2) is 6.33 Å². The van der Waals surface area contributed by atoms with Crippen molar-refractivity contribution in [2.24, 2.45) is 13.0 Å². The molecule has 0 saturated carbocycles. The second-order valence-corrected chi connectivity index (χ2v) is 3.72. The van der Waals surface area contributed by atoms with E-state index in [4.69, 9.17) is 4.74 Å². The summed E-state index contributed by atoms with van der Waals surface area (Å²) in [7, 11) is 1.95. The third-order valence-corrected chi connectivity index (χ3v) is 2.55. The predicted octanol–water partition coefficient (Wildman–Crippen LogP) is -0.0588. The first-order valence-electron chi connectivity index (χ1n) is 4.97. The first-order chi connectivity index (χ1) is 6.86. The average molecular weight is 196 g/mol. The van der Waals surface area contributed by atoms with Crippen LogP contribution in [0.2, 0.25) is 0 Å². The predicted molar refractivity (Wildman–Crippen MR) is 51.6 cm³/mol. The zero-order valence-corrected chi connectivity index (χ0v) is 8.44. The number of hydrogen-bond acceptors (Lipinski definition) is 4. The van der Waals surface area contributed by atoms with E-state index in [1.807, 2.05) is 11.6 Å². The van der Waals surface area contributed by atoms with E-state index in [1.54, 1.807) is 6.33 Å². The number of nitrogens with one attached hydrogen (secondary N) is 1. The summed E-state index contributed by atoms with van der Waals surface area (Å²) < 4.78 is 7.22. The summed E-state index contributed by atoms with van der Waals surface area (Å²) in [6.07, 6.45) is 2.89. The molecule has 0 bridgehead atoms. The van der Waals surface area contributed by atoms with Crippen LogP contribution in [0.4, 0.5) is 0 Å². The summed E-state index contributed by atoms with van der Waals surface area (Å²) in [6, 6.07) is 0. The molecule has 14 heavy (non-hydrogen) atoms. The molecule has 1 aromatic rings. The van der Waals surface area contributed by atoms with Gasteiger partial charge in [-0.1, -0.05) is 0 Å². The van der Waals surface area contributed by atoms with Crippen LogP contribution in [-0.4, -0.2) is 34.5 Å². The highest BCUT2D eigenvalue weighted by molar-refractivity contribution is 4.83. The fraction of sp³-hybridized carbons (Fsp3) is 0.778. The molecule has 1 aliphatic rings. The van der Waals surface area contributed by atoms with Crippen LogP contribution in [0, 0.1) is 5.92 Å². The van der Waals surface area contributed by atoms with Gasteiger partial charge in [0.05, 0.1) is 13.2 Å². The fourth-order valence-corrected chi connectivity index (χ4v) is 1.60.